The molecule has 0 unspecified atom stereocenters. The highest BCUT2D eigenvalue weighted by atomic mass is 14.9. The number of hydrogen-bond donors (Lipinski definition) is 2. The van der Waals surface area contributed by atoms with Gasteiger partial charge < -0.3 is 11.1 Å². The average molecular weight is 339 g/mol. The van der Waals surface area contributed by atoms with Crippen LogP contribution in [0.3, 0.4) is 0 Å². The summed E-state index contributed by atoms with van der Waals surface area (Å²) in [5.41, 5.74) is 7.35. The third-order valence-corrected chi connectivity index (χ3v) is 6.16. The van der Waals surface area contributed by atoms with Gasteiger partial charge in [-0.1, -0.05) is 66.2 Å². The van der Waals surface area contributed by atoms with Crippen molar-refractivity contribution >= 4 is 0 Å². The van der Waals surface area contributed by atoms with Crippen molar-refractivity contribution in [2.24, 2.45) is 16.6 Å². The number of hydrogen-bond acceptors (Lipinski definition) is 2. The highest BCUT2D eigenvalue weighted by Gasteiger charge is 2.21. The van der Waals surface area contributed by atoms with Gasteiger partial charge in [0.2, 0.25) is 0 Å². The first-order valence-corrected chi connectivity index (χ1v) is 10.6. The molecule has 0 spiro atoms. The summed E-state index contributed by atoms with van der Waals surface area (Å²) in [7, 11) is 0. The second kappa shape index (κ2) is 10.2. The molecule has 144 valence electrons. The zero-order valence-corrected chi connectivity index (χ0v) is 17.5. The van der Waals surface area contributed by atoms with Crippen LogP contribution in [-0.2, 0) is 0 Å². The van der Waals surface area contributed by atoms with E-state index >= 15 is 0 Å². The van der Waals surface area contributed by atoms with Crippen molar-refractivity contribution in [1.82, 2.24) is 5.32 Å². The van der Waals surface area contributed by atoms with Gasteiger partial charge in [0.15, 0.2) is 0 Å². The summed E-state index contributed by atoms with van der Waals surface area (Å²) in [5, 5.41) is 3.34. The fraction of sp³-hybridized carbons (Fsp3) is 1.00. The van der Waals surface area contributed by atoms with E-state index in [2.05, 4.69) is 39.9 Å². The van der Waals surface area contributed by atoms with Gasteiger partial charge in [0.05, 0.1) is 0 Å². The van der Waals surface area contributed by atoms with Crippen molar-refractivity contribution in [1.29, 1.82) is 0 Å². The Balaban J connectivity index is 0.000000180. The molecule has 2 aliphatic carbocycles. The van der Waals surface area contributed by atoms with E-state index in [4.69, 9.17) is 5.73 Å². The van der Waals surface area contributed by atoms with Crippen LogP contribution in [0.4, 0.5) is 0 Å². The molecular formula is C22H46N2. The smallest absolute Gasteiger partial charge is 0.0125 e. The molecule has 0 radical (unpaired) electrons. The van der Waals surface area contributed by atoms with Gasteiger partial charge in [-0.15, -0.1) is 0 Å². The van der Waals surface area contributed by atoms with Crippen molar-refractivity contribution in [2.45, 2.75) is 117 Å². The predicted molar refractivity (Wildman–Crippen MR) is 108 cm³/mol. The average Bonchev–Trinajstić information content (AvgIpc) is 2.48. The maximum Gasteiger partial charge on any atom is 0.0125 e. The van der Waals surface area contributed by atoms with E-state index < -0.39 is 0 Å². The minimum absolute atomic E-state index is 0.179. The Bertz CT molecular complexity index is 255. The van der Waals surface area contributed by atoms with Gasteiger partial charge in [0.25, 0.3) is 0 Å². The quantitative estimate of drug-likeness (QED) is 0.565. The number of rotatable bonds is 0. The summed E-state index contributed by atoms with van der Waals surface area (Å²) in [6.07, 6.45) is 16.5. The molecule has 2 nitrogen and oxygen atoms in total. The fourth-order valence-corrected chi connectivity index (χ4v) is 3.97. The second-order valence-electron chi connectivity index (χ2n) is 10.4. The van der Waals surface area contributed by atoms with Crippen molar-refractivity contribution < 1.29 is 0 Å². The Kier molecular flexibility index (Phi) is 9.30. The lowest BCUT2D eigenvalue weighted by molar-refractivity contribution is 0.244. The zero-order chi connectivity index (χ0) is 18.1. The molecule has 0 atom stereocenters. The lowest BCUT2D eigenvalue weighted by Gasteiger charge is -2.29. The van der Waals surface area contributed by atoms with Crippen molar-refractivity contribution in [3.8, 4) is 0 Å². The summed E-state index contributed by atoms with van der Waals surface area (Å²) >= 11 is 0. The first-order valence-electron chi connectivity index (χ1n) is 10.6. The molecule has 0 amide bonds. The molecule has 2 saturated carbocycles. The van der Waals surface area contributed by atoms with Crippen LogP contribution in [0.15, 0.2) is 0 Å². The summed E-state index contributed by atoms with van der Waals surface area (Å²) in [4.78, 5) is 0. The third kappa shape index (κ3) is 10.7. The van der Waals surface area contributed by atoms with Crippen LogP contribution in [0.25, 0.3) is 0 Å². The number of piperidine rings is 1. The molecule has 0 aromatic rings. The number of nitrogens with one attached hydrogen (secondary N) is 1. The van der Waals surface area contributed by atoms with E-state index in [1.807, 2.05) is 0 Å². The monoisotopic (exact) mass is 338 g/mol. The van der Waals surface area contributed by atoms with E-state index in [0.29, 0.717) is 10.8 Å². The van der Waals surface area contributed by atoms with Crippen LogP contribution in [0.1, 0.15) is 112 Å². The van der Waals surface area contributed by atoms with E-state index in [1.165, 1.54) is 90.1 Å². The molecule has 3 rings (SSSR count). The standard InChI is InChI=1S/C8H16.2C7H15N/c1-8(2)6-4-3-5-7-8;1-7(2)3-5-8-6-4-7;1-7(8)5-3-2-4-6-7/h3-7H2,1-2H3;8H,3-6H2,1-2H3;2-6,8H2,1H3. The number of nitrogens with two attached hydrogens (primary N) is 1. The van der Waals surface area contributed by atoms with Crippen LogP contribution in [0.2, 0.25) is 0 Å². The summed E-state index contributed by atoms with van der Waals surface area (Å²) in [6.45, 7) is 14.0. The highest BCUT2D eigenvalue weighted by molar-refractivity contribution is 4.81. The Labute approximate surface area is 152 Å². The molecule has 0 aromatic carbocycles. The van der Waals surface area contributed by atoms with Crippen LogP contribution in [0, 0.1) is 10.8 Å². The van der Waals surface area contributed by atoms with E-state index in [1.54, 1.807) is 0 Å². The van der Waals surface area contributed by atoms with Gasteiger partial charge in [-0.2, -0.15) is 0 Å². The first-order chi connectivity index (χ1) is 11.1. The second-order valence-corrected chi connectivity index (χ2v) is 10.4. The van der Waals surface area contributed by atoms with Gasteiger partial charge in [-0.25, -0.2) is 0 Å². The van der Waals surface area contributed by atoms with Gasteiger partial charge in [-0.05, 0) is 69.4 Å². The molecule has 1 heterocycles. The van der Waals surface area contributed by atoms with Crippen LogP contribution >= 0.6 is 0 Å². The molecular weight excluding hydrogens is 292 g/mol. The van der Waals surface area contributed by atoms with Crippen LogP contribution in [-0.4, -0.2) is 18.6 Å². The van der Waals surface area contributed by atoms with Crippen molar-refractivity contribution in [3.63, 3.8) is 0 Å². The molecule has 3 fully saturated rings. The van der Waals surface area contributed by atoms with Crippen molar-refractivity contribution in [2.75, 3.05) is 13.1 Å². The fourth-order valence-electron chi connectivity index (χ4n) is 3.97. The predicted octanol–water partition coefficient (Wildman–Crippen LogP) is 6.04. The topological polar surface area (TPSA) is 38.0 Å². The van der Waals surface area contributed by atoms with Crippen LogP contribution < -0.4 is 11.1 Å². The van der Waals surface area contributed by atoms with Crippen LogP contribution in [0.5, 0.6) is 0 Å². The molecule has 1 saturated heterocycles. The normalized spacial score (nSPS) is 27.8. The minimum atomic E-state index is 0.179. The maximum atomic E-state index is 5.88. The Morgan fingerprint density at radius 3 is 1.12 bits per heavy atom. The molecule has 2 heteroatoms. The van der Waals surface area contributed by atoms with Gasteiger partial charge in [-0.3, -0.25) is 0 Å². The van der Waals surface area contributed by atoms with Crippen molar-refractivity contribution in [3.05, 3.63) is 0 Å². The van der Waals surface area contributed by atoms with E-state index in [-0.39, 0.29) is 5.54 Å². The summed E-state index contributed by atoms with van der Waals surface area (Å²) in [6, 6.07) is 0. The Morgan fingerprint density at radius 1 is 0.542 bits per heavy atom. The third-order valence-electron chi connectivity index (χ3n) is 6.16. The van der Waals surface area contributed by atoms with E-state index in [9.17, 15) is 0 Å². The Hall–Kier alpha value is -0.0800. The molecule has 1 aliphatic heterocycles. The van der Waals surface area contributed by atoms with Gasteiger partial charge in [0, 0.05) is 5.54 Å². The maximum absolute atomic E-state index is 5.88. The highest BCUT2D eigenvalue weighted by Crippen LogP contribution is 2.34. The van der Waals surface area contributed by atoms with Gasteiger partial charge >= 0.3 is 0 Å². The molecule has 3 aliphatic rings. The molecule has 3 N–H and O–H groups in total. The minimum Gasteiger partial charge on any atom is -0.325 e. The summed E-state index contributed by atoms with van der Waals surface area (Å²) < 4.78 is 0. The molecule has 0 bridgehead atoms. The van der Waals surface area contributed by atoms with E-state index in [0.717, 1.165) is 0 Å². The zero-order valence-electron chi connectivity index (χ0n) is 17.5. The lowest BCUT2D eigenvalue weighted by Crippen LogP contribution is -2.37. The Morgan fingerprint density at radius 2 is 0.917 bits per heavy atom. The molecule has 0 aromatic heterocycles. The summed E-state index contributed by atoms with van der Waals surface area (Å²) in [5.74, 6) is 0. The van der Waals surface area contributed by atoms with Gasteiger partial charge in [0.1, 0.15) is 0 Å². The largest absolute Gasteiger partial charge is 0.325 e. The SMILES string of the molecule is CC1(C)CCCCC1.CC1(C)CCNCC1.CC1(N)CCCCC1. The first kappa shape index (κ1) is 22.0. The molecule has 24 heavy (non-hydrogen) atoms. The lowest BCUT2D eigenvalue weighted by atomic mass is 9.78.